The van der Waals surface area contributed by atoms with Gasteiger partial charge in [-0.2, -0.15) is 0 Å². The van der Waals surface area contributed by atoms with E-state index in [2.05, 4.69) is 26.4 Å². The van der Waals surface area contributed by atoms with Crippen LogP contribution in [-0.2, 0) is 16.1 Å². The van der Waals surface area contributed by atoms with Crippen LogP contribution in [0.5, 0.6) is 11.5 Å². The molecule has 1 aliphatic rings. The summed E-state index contributed by atoms with van der Waals surface area (Å²) in [5, 5.41) is 6.78. The Hall–Kier alpha value is -2.84. The van der Waals surface area contributed by atoms with Crippen molar-refractivity contribution in [2.45, 2.75) is 13.5 Å². The van der Waals surface area contributed by atoms with Crippen LogP contribution in [0.4, 0.5) is 5.69 Å². The number of carbonyl (C=O) groups is 1. The largest absolute Gasteiger partial charge is 0.454 e. The van der Waals surface area contributed by atoms with Crippen molar-refractivity contribution < 1.29 is 23.5 Å². The molecule has 0 spiro atoms. The topological polar surface area (TPSA) is 82.8 Å². The Bertz CT molecular complexity index is 1020. The normalized spacial score (nSPS) is 12.2. The Morgan fingerprint density at radius 1 is 1.18 bits per heavy atom. The van der Waals surface area contributed by atoms with Gasteiger partial charge in [-0.3, -0.25) is 4.79 Å². The first kappa shape index (κ1) is 18.5. The number of hydrogen-bond donors (Lipinski definition) is 1. The van der Waals surface area contributed by atoms with E-state index >= 15 is 0 Å². The minimum absolute atomic E-state index is 0.0820. The number of fused-ring (bicyclic) bond motifs is 1. The standard InChI is InChI=1S/C20H17BrN2O5/c1-12-6-14(3-4-16(12)21)22-20(24)10-25-9-15-8-18(28-23-15)13-2-5-17-19(7-13)27-11-26-17/h2-8H,9-11H2,1H3,(H,22,24). The molecule has 0 atom stereocenters. The first-order chi connectivity index (χ1) is 13.6. The van der Waals surface area contributed by atoms with Crippen molar-refractivity contribution in [3.63, 3.8) is 0 Å². The number of carbonyl (C=O) groups excluding carboxylic acids is 1. The zero-order chi connectivity index (χ0) is 19.5. The smallest absolute Gasteiger partial charge is 0.250 e. The molecule has 1 aromatic heterocycles. The summed E-state index contributed by atoms with van der Waals surface area (Å²) in [5.41, 5.74) is 3.18. The number of amides is 1. The lowest BCUT2D eigenvalue weighted by Crippen LogP contribution is -2.18. The third-order valence-corrected chi connectivity index (χ3v) is 5.03. The summed E-state index contributed by atoms with van der Waals surface area (Å²) in [5.74, 6) is 1.73. The molecule has 2 heterocycles. The summed E-state index contributed by atoms with van der Waals surface area (Å²) in [6, 6.07) is 12.9. The van der Waals surface area contributed by atoms with Gasteiger partial charge >= 0.3 is 0 Å². The van der Waals surface area contributed by atoms with Crippen LogP contribution >= 0.6 is 15.9 Å². The number of halogens is 1. The van der Waals surface area contributed by atoms with Crippen molar-refractivity contribution >= 4 is 27.5 Å². The number of nitrogens with zero attached hydrogens (tertiary/aromatic N) is 1. The molecule has 0 radical (unpaired) electrons. The van der Waals surface area contributed by atoms with E-state index in [0.29, 0.717) is 23.0 Å². The van der Waals surface area contributed by atoms with Gasteiger partial charge in [0, 0.05) is 21.8 Å². The quantitative estimate of drug-likeness (QED) is 0.610. The van der Waals surface area contributed by atoms with Crippen LogP contribution < -0.4 is 14.8 Å². The number of nitrogens with one attached hydrogen (secondary N) is 1. The fraction of sp³-hybridized carbons (Fsp3) is 0.200. The van der Waals surface area contributed by atoms with Crippen molar-refractivity contribution in [1.82, 2.24) is 5.16 Å². The number of benzene rings is 2. The monoisotopic (exact) mass is 444 g/mol. The summed E-state index contributed by atoms with van der Waals surface area (Å²) in [6.45, 7) is 2.26. The van der Waals surface area contributed by atoms with Gasteiger partial charge in [0.25, 0.3) is 0 Å². The molecule has 4 rings (SSSR count). The number of hydrogen-bond acceptors (Lipinski definition) is 6. The number of anilines is 1. The third kappa shape index (κ3) is 4.18. The Labute approximate surface area is 169 Å². The van der Waals surface area contributed by atoms with Crippen LogP contribution in [0.3, 0.4) is 0 Å². The highest BCUT2D eigenvalue weighted by molar-refractivity contribution is 9.10. The highest BCUT2D eigenvalue weighted by Gasteiger charge is 2.16. The molecular formula is C20H17BrN2O5. The molecule has 7 nitrogen and oxygen atoms in total. The van der Waals surface area contributed by atoms with Gasteiger partial charge in [-0.15, -0.1) is 0 Å². The molecule has 0 aliphatic carbocycles. The predicted molar refractivity (Wildman–Crippen MR) is 105 cm³/mol. The van der Waals surface area contributed by atoms with E-state index in [1.807, 2.05) is 43.3 Å². The number of aromatic nitrogens is 1. The van der Waals surface area contributed by atoms with Crippen molar-refractivity contribution in [2.24, 2.45) is 0 Å². The minimum atomic E-state index is -0.235. The first-order valence-corrected chi connectivity index (χ1v) is 9.37. The second kappa shape index (κ2) is 8.04. The molecule has 0 saturated carbocycles. The SMILES string of the molecule is Cc1cc(NC(=O)COCc2cc(-c3ccc4c(c3)OCO4)on2)ccc1Br. The maximum Gasteiger partial charge on any atom is 0.250 e. The molecule has 0 saturated heterocycles. The van der Waals surface area contributed by atoms with Crippen LogP contribution in [0.15, 0.2) is 51.5 Å². The van der Waals surface area contributed by atoms with Crippen LogP contribution in [0.1, 0.15) is 11.3 Å². The maximum absolute atomic E-state index is 12.0. The molecule has 1 aliphatic heterocycles. The Morgan fingerprint density at radius 3 is 2.89 bits per heavy atom. The number of rotatable bonds is 6. The first-order valence-electron chi connectivity index (χ1n) is 8.58. The zero-order valence-electron chi connectivity index (χ0n) is 15.0. The fourth-order valence-corrected chi connectivity index (χ4v) is 2.98. The van der Waals surface area contributed by atoms with Crippen molar-refractivity contribution in [2.75, 3.05) is 18.7 Å². The molecule has 28 heavy (non-hydrogen) atoms. The van der Waals surface area contributed by atoms with E-state index in [1.165, 1.54) is 0 Å². The lowest BCUT2D eigenvalue weighted by atomic mass is 10.1. The van der Waals surface area contributed by atoms with Gasteiger partial charge in [0.15, 0.2) is 17.3 Å². The average Bonchev–Trinajstić information content (AvgIpc) is 3.33. The average molecular weight is 445 g/mol. The molecule has 1 N–H and O–H groups in total. The number of aryl methyl sites for hydroxylation is 1. The zero-order valence-corrected chi connectivity index (χ0v) is 16.6. The molecule has 3 aromatic rings. The van der Waals surface area contributed by atoms with Gasteiger partial charge < -0.3 is 24.1 Å². The van der Waals surface area contributed by atoms with Crippen LogP contribution in [0, 0.1) is 6.92 Å². The fourth-order valence-electron chi connectivity index (χ4n) is 2.73. The summed E-state index contributed by atoms with van der Waals surface area (Å²) < 4.78 is 22.5. The van der Waals surface area contributed by atoms with E-state index in [9.17, 15) is 4.79 Å². The third-order valence-electron chi connectivity index (χ3n) is 4.14. The van der Waals surface area contributed by atoms with Gasteiger partial charge in [-0.1, -0.05) is 21.1 Å². The Kier molecular flexibility index (Phi) is 5.31. The van der Waals surface area contributed by atoms with E-state index < -0.39 is 0 Å². The number of ether oxygens (including phenoxy) is 3. The van der Waals surface area contributed by atoms with E-state index in [-0.39, 0.29) is 25.9 Å². The van der Waals surface area contributed by atoms with Gasteiger partial charge in [-0.05, 0) is 48.9 Å². The van der Waals surface area contributed by atoms with Gasteiger partial charge in [0.1, 0.15) is 12.3 Å². The van der Waals surface area contributed by atoms with Crippen molar-refractivity contribution in [3.8, 4) is 22.8 Å². The van der Waals surface area contributed by atoms with Crippen LogP contribution in [0.25, 0.3) is 11.3 Å². The molecular weight excluding hydrogens is 428 g/mol. The van der Waals surface area contributed by atoms with Gasteiger partial charge in [0.2, 0.25) is 12.7 Å². The van der Waals surface area contributed by atoms with Crippen LogP contribution in [-0.4, -0.2) is 24.5 Å². The predicted octanol–water partition coefficient (Wildman–Crippen LogP) is 4.30. The van der Waals surface area contributed by atoms with Crippen LogP contribution in [0.2, 0.25) is 0 Å². The molecule has 0 unspecified atom stereocenters. The highest BCUT2D eigenvalue weighted by atomic mass is 79.9. The Balaban J connectivity index is 1.30. The van der Waals surface area contributed by atoms with E-state index in [1.54, 1.807) is 6.07 Å². The molecule has 0 fully saturated rings. The molecule has 2 aromatic carbocycles. The van der Waals surface area contributed by atoms with Gasteiger partial charge in [-0.25, -0.2) is 0 Å². The van der Waals surface area contributed by atoms with Crippen molar-refractivity contribution in [1.29, 1.82) is 0 Å². The van der Waals surface area contributed by atoms with E-state index in [0.717, 1.165) is 21.3 Å². The second-order valence-electron chi connectivity index (χ2n) is 6.26. The van der Waals surface area contributed by atoms with Gasteiger partial charge in [0.05, 0.1) is 6.61 Å². The summed E-state index contributed by atoms with van der Waals surface area (Å²) in [6.07, 6.45) is 0. The molecule has 8 heteroatoms. The summed E-state index contributed by atoms with van der Waals surface area (Å²) >= 11 is 3.43. The molecule has 0 bridgehead atoms. The highest BCUT2D eigenvalue weighted by Crippen LogP contribution is 2.36. The maximum atomic E-state index is 12.0. The molecule has 144 valence electrons. The summed E-state index contributed by atoms with van der Waals surface area (Å²) in [7, 11) is 0. The summed E-state index contributed by atoms with van der Waals surface area (Å²) in [4.78, 5) is 12.0. The molecule has 1 amide bonds. The van der Waals surface area contributed by atoms with Crippen molar-refractivity contribution in [3.05, 3.63) is 58.2 Å². The second-order valence-corrected chi connectivity index (χ2v) is 7.11. The van der Waals surface area contributed by atoms with E-state index in [4.69, 9.17) is 18.7 Å². The lowest BCUT2D eigenvalue weighted by Gasteiger charge is -2.07. The lowest BCUT2D eigenvalue weighted by molar-refractivity contribution is -0.121. The Morgan fingerprint density at radius 2 is 2.04 bits per heavy atom. The minimum Gasteiger partial charge on any atom is -0.454 e.